The SMILES string of the molecule is CCCN1CCC(N)C12CCCC2. The maximum absolute atomic E-state index is 6.25. The van der Waals surface area contributed by atoms with Gasteiger partial charge in [0.25, 0.3) is 0 Å². The van der Waals surface area contributed by atoms with Crippen molar-refractivity contribution < 1.29 is 0 Å². The summed E-state index contributed by atoms with van der Waals surface area (Å²) < 4.78 is 0. The molecule has 0 amide bonds. The van der Waals surface area contributed by atoms with Crippen molar-refractivity contribution in [1.82, 2.24) is 4.90 Å². The summed E-state index contributed by atoms with van der Waals surface area (Å²) in [7, 11) is 0. The summed E-state index contributed by atoms with van der Waals surface area (Å²) in [5.74, 6) is 0. The van der Waals surface area contributed by atoms with Gasteiger partial charge in [0, 0.05) is 18.1 Å². The third-order valence-corrected chi connectivity index (χ3v) is 3.99. The molecule has 2 heteroatoms. The van der Waals surface area contributed by atoms with E-state index in [2.05, 4.69) is 11.8 Å². The van der Waals surface area contributed by atoms with Gasteiger partial charge in [-0.1, -0.05) is 19.8 Å². The second kappa shape index (κ2) is 3.58. The van der Waals surface area contributed by atoms with Gasteiger partial charge in [-0.15, -0.1) is 0 Å². The van der Waals surface area contributed by atoms with Gasteiger partial charge < -0.3 is 5.73 Å². The van der Waals surface area contributed by atoms with E-state index < -0.39 is 0 Å². The molecule has 76 valence electrons. The molecule has 0 aromatic heterocycles. The Hall–Kier alpha value is -0.0800. The highest BCUT2D eigenvalue weighted by molar-refractivity contribution is 5.06. The van der Waals surface area contributed by atoms with Crippen LogP contribution in [0.2, 0.25) is 0 Å². The zero-order valence-electron chi connectivity index (χ0n) is 8.76. The molecule has 1 aliphatic carbocycles. The van der Waals surface area contributed by atoms with Crippen LogP contribution in [0.3, 0.4) is 0 Å². The summed E-state index contributed by atoms with van der Waals surface area (Å²) >= 11 is 0. The van der Waals surface area contributed by atoms with Crippen LogP contribution in [0.25, 0.3) is 0 Å². The van der Waals surface area contributed by atoms with Crippen LogP contribution < -0.4 is 5.73 Å². The summed E-state index contributed by atoms with van der Waals surface area (Å²) in [5.41, 5.74) is 6.68. The first-order valence-electron chi connectivity index (χ1n) is 5.80. The Morgan fingerprint density at radius 2 is 2.08 bits per heavy atom. The molecule has 1 saturated heterocycles. The van der Waals surface area contributed by atoms with Crippen molar-refractivity contribution in [3.63, 3.8) is 0 Å². The van der Waals surface area contributed by atoms with E-state index in [0.29, 0.717) is 11.6 Å². The van der Waals surface area contributed by atoms with Crippen molar-refractivity contribution in [2.45, 2.75) is 57.0 Å². The first-order chi connectivity index (χ1) is 6.29. The molecule has 1 spiro atoms. The molecule has 1 unspecified atom stereocenters. The van der Waals surface area contributed by atoms with Crippen molar-refractivity contribution in [2.24, 2.45) is 5.73 Å². The van der Waals surface area contributed by atoms with Gasteiger partial charge in [0.15, 0.2) is 0 Å². The number of nitrogens with zero attached hydrogens (tertiary/aromatic N) is 1. The average molecular weight is 182 g/mol. The predicted octanol–water partition coefficient (Wildman–Crippen LogP) is 1.74. The Morgan fingerprint density at radius 1 is 1.38 bits per heavy atom. The van der Waals surface area contributed by atoms with Crippen molar-refractivity contribution in [3.05, 3.63) is 0 Å². The molecule has 2 fully saturated rings. The fraction of sp³-hybridized carbons (Fsp3) is 1.00. The minimum atomic E-state index is 0.427. The Kier molecular flexibility index (Phi) is 2.61. The van der Waals surface area contributed by atoms with E-state index in [4.69, 9.17) is 5.73 Å². The van der Waals surface area contributed by atoms with Crippen molar-refractivity contribution in [2.75, 3.05) is 13.1 Å². The molecule has 1 heterocycles. The average Bonchev–Trinajstić information content (AvgIpc) is 2.70. The van der Waals surface area contributed by atoms with Crippen molar-refractivity contribution >= 4 is 0 Å². The number of hydrogen-bond acceptors (Lipinski definition) is 2. The molecule has 2 aliphatic rings. The van der Waals surface area contributed by atoms with Crippen LogP contribution in [0.5, 0.6) is 0 Å². The fourth-order valence-electron chi connectivity index (χ4n) is 3.30. The highest BCUT2D eigenvalue weighted by Crippen LogP contribution is 2.42. The van der Waals surface area contributed by atoms with Gasteiger partial charge in [-0.25, -0.2) is 0 Å². The largest absolute Gasteiger partial charge is 0.326 e. The normalized spacial score (nSPS) is 33.2. The van der Waals surface area contributed by atoms with Crippen molar-refractivity contribution in [3.8, 4) is 0 Å². The van der Waals surface area contributed by atoms with Crippen LogP contribution >= 0.6 is 0 Å². The lowest BCUT2D eigenvalue weighted by Crippen LogP contribution is -2.51. The Balaban J connectivity index is 2.10. The summed E-state index contributed by atoms with van der Waals surface area (Å²) in [4.78, 5) is 2.67. The van der Waals surface area contributed by atoms with Gasteiger partial charge in [-0.05, 0) is 32.2 Å². The second-order valence-corrected chi connectivity index (χ2v) is 4.69. The lowest BCUT2D eigenvalue weighted by atomic mass is 9.89. The van der Waals surface area contributed by atoms with Crippen LogP contribution in [0.15, 0.2) is 0 Å². The van der Waals surface area contributed by atoms with Gasteiger partial charge in [-0.3, -0.25) is 4.90 Å². The van der Waals surface area contributed by atoms with E-state index in [1.54, 1.807) is 0 Å². The number of likely N-dealkylation sites (tertiary alicyclic amines) is 1. The summed E-state index contributed by atoms with van der Waals surface area (Å²) in [6, 6.07) is 0.460. The van der Waals surface area contributed by atoms with Crippen LogP contribution in [0.4, 0.5) is 0 Å². The third kappa shape index (κ3) is 1.40. The molecule has 0 radical (unpaired) electrons. The maximum atomic E-state index is 6.25. The van der Waals surface area contributed by atoms with Gasteiger partial charge in [0.05, 0.1) is 0 Å². The van der Waals surface area contributed by atoms with Crippen LogP contribution in [0, 0.1) is 0 Å². The van der Waals surface area contributed by atoms with Crippen LogP contribution in [-0.2, 0) is 0 Å². The van der Waals surface area contributed by atoms with Gasteiger partial charge in [0.2, 0.25) is 0 Å². The number of nitrogens with two attached hydrogens (primary N) is 1. The quantitative estimate of drug-likeness (QED) is 0.705. The molecule has 1 aliphatic heterocycles. The summed E-state index contributed by atoms with van der Waals surface area (Å²) in [6.45, 7) is 4.77. The molecule has 1 saturated carbocycles. The monoisotopic (exact) mass is 182 g/mol. The lowest BCUT2D eigenvalue weighted by Gasteiger charge is -2.38. The van der Waals surface area contributed by atoms with Crippen LogP contribution in [-0.4, -0.2) is 29.6 Å². The molecular weight excluding hydrogens is 160 g/mol. The number of hydrogen-bond donors (Lipinski definition) is 1. The van der Waals surface area contributed by atoms with E-state index in [1.807, 2.05) is 0 Å². The Morgan fingerprint density at radius 3 is 2.69 bits per heavy atom. The molecular formula is C11H22N2. The molecule has 1 atom stereocenters. The second-order valence-electron chi connectivity index (χ2n) is 4.69. The van der Waals surface area contributed by atoms with E-state index in [-0.39, 0.29) is 0 Å². The zero-order valence-corrected chi connectivity index (χ0v) is 8.76. The Labute approximate surface area is 81.5 Å². The zero-order chi connectivity index (χ0) is 9.31. The van der Waals surface area contributed by atoms with Crippen LogP contribution in [0.1, 0.15) is 45.4 Å². The first-order valence-corrected chi connectivity index (χ1v) is 5.80. The molecule has 2 N–H and O–H groups in total. The number of rotatable bonds is 2. The predicted molar refractivity (Wildman–Crippen MR) is 55.7 cm³/mol. The van der Waals surface area contributed by atoms with Gasteiger partial charge >= 0.3 is 0 Å². The van der Waals surface area contributed by atoms with E-state index in [1.165, 1.54) is 51.6 Å². The van der Waals surface area contributed by atoms with E-state index >= 15 is 0 Å². The molecule has 0 aromatic rings. The van der Waals surface area contributed by atoms with Gasteiger partial charge in [-0.2, -0.15) is 0 Å². The smallest absolute Gasteiger partial charge is 0.0360 e. The third-order valence-electron chi connectivity index (χ3n) is 3.99. The topological polar surface area (TPSA) is 29.3 Å². The molecule has 0 bridgehead atoms. The molecule has 2 rings (SSSR count). The van der Waals surface area contributed by atoms with Crippen molar-refractivity contribution in [1.29, 1.82) is 0 Å². The highest BCUT2D eigenvalue weighted by Gasteiger charge is 2.47. The lowest BCUT2D eigenvalue weighted by molar-refractivity contribution is 0.131. The minimum absolute atomic E-state index is 0.427. The minimum Gasteiger partial charge on any atom is -0.326 e. The molecule has 2 nitrogen and oxygen atoms in total. The van der Waals surface area contributed by atoms with E-state index in [9.17, 15) is 0 Å². The van der Waals surface area contributed by atoms with Gasteiger partial charge in [0.1, 0.15) is 0 Å². The Bertz CT molecular complexity index is 171. The van der Waals surface area contributed by atoms with E-state index in [0.717, 1.165) is 0 Å². The highest BCUT2D eigenvalue weighted by atomic mass is 15.2. The maximum Gasteiger partial charge on any atom is 0.0360 e. The summed E-state index contributed by atoms with van der Waals surface area (Å²) in [6.07, 6.45) is 8.00. The first kappa shape index (κ1) is 9.47. The standard InChI is InChI=1S/C11H22N2/c1-2-8-13-9-5-10(12)11(13)6-3-4-7-11/h10H,2-9,12H2,1H3. The summed E-state index contributed by atoms with van der Waals surface area (Å²) in [5, 5.41) is 0. The molecule has 13 heavy (non-hydrogen) atoms. The molecule has 0 aromatic carbocycles. The fourth-order valence-corrected chi connectivity index (χ4v) is 3.30.